The molecule has 3 heterocycles. The number of carbonyl (C=O) groups excluding carboxylic acids is 1. The van der Waals surface area contributed by atoms with Gasteiger partial charge in [-0.1, -0.05) is 23.5 Å². The minimum Gasteiger partial charge on any atom is -0.302 e. The summed E-state index contributed by atoms with van der Waals surface area (Å²) in [6, 6.07) is 9.09. The Hall–Kier alpha value is -2.36. The number of carbonyl (C=O) groups is 1. The first-order valence-corrected chi connectivity index (χ1v) is 11.3. The van der Waals surface area contributed by atoms with Crippen molar-refractivity contribution >= 4 is 42.6 Å². The minimum absolute atomic E-state index is 0.102. The molecular formula is C19H20N4O3S2. The van der Waals surface area contributed by atoms with Crippen LogP contribution >= 0.6 is 11.3 Å². The molecule has 1 N–H and O–H groups in total. The quantitative estimate of drug-likeness (QED) is 0.706. The maximum Gasteiger partial charge on any atom is 0.244 e. The summed E-state index contributed by atoms with van der Waals surface area (Å²) in [6.07, 6.45) is 3.85. The molecule has 1 saturated heterocycles. The minimum atomic E-state index is -3.56. The van der Waals surface area contributed by atoms with Crippen molar-refractivity contribution in [3.63, 3.8) is 0 Å². The Morgan fingerprint density at radius 2 is 2.00 bits per heavy atom. The van der Waals surface area contributed by atoms with Crippen LogP contribution in [0.3, 0.4) is 0 Å². The number of nitrogens with one attached hydrogen (secondary N) is 1. The number of rotatable bonds is 4. The summed E-state index contributed by atoms with van der Waals surface area (Å²) in [5.74, 6) is -0.330. The molecule has 1 amide bonds. The van der Waals surface area contributed by atoms with E-state index in [1.54, 1.807) is 12.3 Å². The topological polar surface area (TPSA) is 92.3 Å². The Labute approximate surface area is 167 Å². The fourth-order valence-electron chi connectivity index (χ4n) is 3.35. The van der Waals surface area contributed by atoms with E-state index < -0.39 is 10.0 Å². The number of thiazole rings is 1. The third-order valence-corrected chi connectivity index (χ3v) is 7.77. The number of benzene rings is 1. The summed E-state index contributed by atoms with van der Waals surface area (Å²) < 4.78 is 27.8. The lowest BCUT2D eigenvalue weighted by molar-refractivity contribution is -0.120. The van der Waals surface area contributed by atoms with Gasteiger partial charge in [-0.05, 0) is 43.5 Å². The van der Waals surface area contributed by atoms with E-state index in [-0.39, 0.29) is 16.7 Å². The Bertz CT molecular complexity index is 1100. The summed E-state index contributed by atoms with van der Waals surface area (Å²) in [5.41, 5.74) is 1.98. The fraction of sp³-hybridized carbons (Fsp3) is 0.316. The second-order valence-electron chi connectivity index (χ2n) is 6.80. The highest BCUT2D eigenvalue weighted by molar-refractivity contribution is 7.89. The van der Waals surface area contributed by atoms with Gasteiger partial charge in [-0.25, -0.2) is 13.4 Å². The normalized spacial score (nSPS) is 16.3. The predicted octanol–water partition coefficient (Wildman–Crippen LogP) is 3.04. The molecule has 1 aliphatic heterocycles. The summed E-state index contributed by atoms with van der Waals surface area (Å²) >= 11 is 1.45. The predicted molar refractivity (Wildman–Crippen MR) is 109 cm³/mol. The number of aromatic nitrogens is 2. The lowest BCUT2D eigenvalue weighted by Gasteiger charge is -2.30. The Morgan fingerprint density at radius 3 is 2.68 bits per heavy atom. The summed E-state index contributed by atoms with van der Waals surface area (Å²) in [6.45, 7) is 2.62. The molecule has 3 aromatic rings. The molecule has 0 aliphatic carbocycles. The lowest BCUT2D eigenvalue weighted by atomic mass is 9.97. The molecule has 1 aromatic carbocycles. The molecule has 4 rings (SSSR count). The molecule has 1 fully saturated rings. The SMILES string of the molecule is Cc1cccc2sc(NC(=O)C3CCN(S(=O)(=O)c4cccnc4)CC3)nc12. The van der Waals surface area contributed by atoms with Crippen LogP contribution in [0.4, 0.5) is 5.13 Å². The van der Waals surface area contributed by atoms with E-state index in [4.69, 9.17) is 0 Å². The highest BCUT2D eigenvalue weighted by Crippen LogP contribution is 2.29. The van der Waals surface area contributed by atoms with Crippen LogP contribution in [0.5, 0.6) is 0 Å². The van der Waals surface area contributed by atoms with Crippen molar-refractivity contribution < 1.29 is 13.2 Å². The molecule has 9 heteroatoms. The molecule has 0 bridgehead atoms. The van der Waals surface area contributed by atoms with Gasteiger partial charge in [-0.15, -0.1) is 0 Å². The van der Waals surface area contributed by atoms with Gasteiger partial charge in [0.15, 0.2) is 5.13 Å². The molecule has 0 atom stereocenters. The smallest absolute Gasteiger partial charge is 0.244 e. The molecule has 2 aromatic heterocycles. The maximum atomic E-state index is 12.7. The molecule has 0 radical (unpaired) electrons. The highest BCUT2D eigenvalue weighted by atomic mass is 32.2. The van der Waals surface area contributed by atoms with Gasteiger partial charge < -0.3 is 5.32 Å². The number of hydrogen-bond donors (Lipinski definition) is 1. The van der Waals surface area contributed by atoms with Crippen LogP contribution in [0.15, 0.2) is 47.6 Å². The van der Waals surface area contributed by atoms with E-state index >= 15 is 0 Å². The first-order valence-electron chi connectivity index (χ1n) is 9.02. The fourth-order valence-corrected chi connectivity index (χ4v) is 5.74. The van der Waals surface area contributed by atoms with Gasteiger partial charge in [0.1, 0.15) is 4.90 Å². The summed E-state index contributed by atoms with van der Waals surface area (Å²) in [4.78, 5) is 21.2. The van der Waals surface area contributed by atoms with Gasteiger partial charge in [-0.3, -0.25) is 9.78 Å². The number of pyridine rings is 1. The second-order valence-corrected chi connectivity index (χ2v) is 9.77. The van der Waals surface area contributed by atoms with Gasteiger partial charge in [0, 0.05) is 31.4 Å². The molecule has 7 nitrogen and oxygen atoms in total. The van der Waals surface area contributed by atoms with Crippen molar-refractivity contribution in [2.45, 2.75) is 24.7 Å². The van der Waals surface area contributed by atoms with E-state index in [2.05, 4.69) is 15.3 Å². The number of sulfonamides is 1. The Kier molecular flexibility index (Phi) is 5.13. The van der Waals surface area contributed by atoms with Crippen molar-refractivity contribution in [2.75, 3.05) is 18.4 Å². The average molecular weight is 417 g/mol. The number of piperidine rings is 1. The van der Waals surface area contributed by atoms with Crippen LogP contribution in [-0.4, -0.2) is 41.7 Å². The van der Waals surface area contributed by atoms with Gasteiger partial charge in [0.2, 0.25) is 15.9 Å². The van der Waals surface area contributed by atoms with Crippen LogP contribution < -0.4 is 5.32 Å². The standard InChI is InChI=1S/C19H20N4O3S2/c1-13-4-2-6-16-17(13)21-19(27-16)22-18(24)14-7-10-23(11-8-14)28(25,26)15-5-3-9-20-12-15/h2-6,9,12,14H,7-8,10-11H2,1H3,(H,21,22,24). The molecular weight excluding hydrogens is 396 g/mol. The number of anilines is 1. The van der Waals surface area contributed by atoms with Crippen molar-refractivity contribution in [3.8, 4) is 0 Å². The maximum absolute atomic E-state index is 12.7. The first kappa shape index (κ1) is 19.0. The highest BCUT2D eigenvalue weighted by Gasteiger charge is 2.32. The molecule has 146 valence electrons. The van der Waals surface area contributed by atoms with E-state index in [9.17, 15) is 13.2 Å². The molecule has 1 aliphatic rings. The van der Waals surface area contributed by atoms with Crippen LogP contribution in [0.2, 0.25) is 0 Å². The zero-order chi connectivity index (χ0) is 19.7. The van der Waals surface area contributed by atoms with Crippen molar-refractivity contribution in [3.05, 3.63) is 48.3 Å². The van der Waals surface area contributed by atoms with Crippen LogP contribution in [0.25, 0.3) is 10.2 Å². The Morgan fingerprint density at radius 1 is 1.21 bits per heavy atom. The van der Waals surface area contributed by atoms with Crippen molar-refractivity contribution in [1.29, 1.82) is 0 Å². The average Bonchev–Trinajstić information content (AvgIpc) is 3.12. The monoisotopic (exact) mass is 416 g/mol. The number of aryl methyl sites for hydroxylation is 1. The molecule has 0 saturated carbocycles. The van der Waals surface area contributed by atoms with Crippen LogP contribution in [0.1, 0.15) is 18.4 Å². The van der Waals surface area contributed by atoms with E-state index in [1.165, 1.54) is 27.9 Å². The first-order chi connectivity index (χ1) is 13.4. The largest absolute Gasteiger partial charge is 0.302 e. The number of hydrogen-bond acceptors (Lipinski definition) is 6. The lowest BCUT2D eigenvalue weighted by Crippen LogP contribution is -2.41. The van der Waals surface area contributed by atoms with Gasteiger partial charge in [0.25, 0.3) is 0 Å². The number of fused-ring (bicyclic) bond motifs is 1. The van der Waals surface area contributed by atoms with Crippen LogP contribution in [-0.2, 0) is 14.8 Å². The van der Waals surface area contributed by atoms with Crippen molar-refractivity contribution in [2.24, 2.45) is 5.92 Å². The van der Waals surface area contributed by atoms with Gasteiger partial charge in [-0.2, -0.15) is 4.31 Å². The van der Waals surface area contributed by atoms with Crippen molar-refractivity contribution in [1.82, 2.24) is 14.3 Å². The Balaban J connectivity index is 1.40. The van der Waals surface area contributed by atoms with Crippen LogP contribution in [0, 0.1) is 12.8 Å². The third-order valence-electron chi connectivity index (χ3n) is 4.95. The molecule has 0 unspecified atom stereocenters. The number of para-hydroxylation sites is 1. The zero-order valence-corrected chi connectivity index (χ0v) is 17.0. The zero-order valence-electron chi connectivity index (χ0n) is 15.3. The summed E-state index contributed by atoms with van der Waals surface area (Å²) in [5, 5.41) is 3.49. The van der Waals surface area contributed by atoms with Gasteiger partial charge in [0.05, 0.1) is 10.2 Å². The third kappa shape index (κ3) is 3.65. The van der Waals surface area contributed by atoms with Gasteiger partial charge >= 0.3 is 0 Å². The van der Waals surface area contributed by atoms with E-state index in [0.717, 1.165) is 15.8 Å². The molecule has 0 spiro atoms. The number of nitrogens with zero attached hydrogens (tertiary/aromatic N) is 3. The van der Waals surface area contributed by atoms with E-state index in [1.807, 2.05) is 25.1 Å². The van der Waals surface area contributed by atoms with E-state index in [0.29, 0.717) is 31.1 Å². The summed E-state index contributed by atoms with van der Waals surface area (Å²) in [7, 11) is -3.56. The molecule has 28 heavy (non-hydrogen) atoms. The number of amides is 1. The second kappa shape index (κ2) is 7.57.